The van der Waals surface area contributed by atoms with Crippen molar-refractivity contribution in [3.63, 3.8) is 0 Å². The molecule has 4 rings (SSSR count). The number of hydrogen-bond acceptors (Lipinski definition) is 4. The van der Waals surface area contributed by atoms with Crippen molar-refractivity contribution in [3.05, 3.63) is 68.2 Å². The van der Waals surface area contributed by atoms with E-state index < -0.39 is 5.82 Å². The van der Waals surface area contributed by atoms with Crippen molar-refractivity contribution in [1.82, 2.24) is 9.88 Å². The third-order valence-corrected chi connectivity index (χ3v) is 5.64. The van der Waals surface area contributed by atoms with Crippen LogP contribution in [0.4, 0.5) is 10.1 Å². The van der Waals surface area contributed by atoms with Gasteiger partial charge in [-0.2, -0.15) is 0 Å². The lowest BCUT2D eigenvalue weighted by Crippen LogP contribution is -2.39. The quantitative estimate of drug-likeness (QED) is 0.664. The van der Waals surface area contributed by atoms with Gasteiger partial charge in [0.05, 0.1) is 24.2 Å². The molecule has 1 amide bonds. The fourth-order valence-electron chi connectivity index (χ4n) is 3.81. The molecular weight excluding hydrogens is 409 g/mol. The molecule has 2 heterocycles. The number of ether oxygens (including phenoxy) is 1. The Morgan fingerprint density at radius 3 is 2.87 bits per heavy atom. The molecule has 0 spiro atoms. The van der Waals surface area contributed by atoms with Gasteiger partial charge >= 0.3 is 0 Å². The molecule has 2 N–H and O–H groups in total. The normalized spacial score (nSPS) is 13.9. The van der Waals surface area contributed by atoms with Crippen molar-refractivity contribution in [3.8, 4) is 5.75 Å². The molecule has 1 aromatic heterocycles. The minimum atomic E-state index is -0.592. The number of carbonyl (C=O) groups is 1. The number of aromatic nitrogens is 1. The molecule has 30 heavy (non-hydrogen) atoms. The van der Waals surface area contributed by atoms with Gasteiger partial charge in [0.25, 0.3) is 0 Å². The van der Waals surface area contributed by atoms with E-state index in [0.29, 0.717) is 41.9 Å². The van der Waals surface area contributed by atoms with Crippen LogP contribution in [0.2, 0.25) is 5.02 Å². The van der Waals surface area contributed by atoms with E-state index in [-0.39, 0.29) is 22.9 Å². The highest BCUT2D eigenvalue weighted by molar-refractivity contribution is 6.30. The van der Waals surface area contributed by atoms with Gasteiger partial charge in [-0.1, -0.05) is 11.6 Å². The first-order valence-electron chi connectivity index (χ1n) is 9.55. The highest BCUT2D eigenvalue weighted by Crippen LogP contribution is 2.25. The fraction of sp³-hybridized carbons (Fsp3) is 0.273. The van der Waals surface area contributed by atoms with Gasteiger partial charge in [-0.3, -0.25) is 14.5 Å². The van der Waals surface area contributed by atoms with Gasteiger partial charge in [-0.25, -0.2) is 4.39 Å². The van der Waals surface area contributed by atoms with Crippen LogP contribution in [0, 0.1) is 12.7 Å². The summed E-state index contributed by atoms with van der Waals surface area (Å²) >= 11 is 5.67. The zero-order valence-electron chi connectivity index (χ0n) is 16.6. The number of carbonyl (C=O) groups excluding carboxylic acids is 1. The molecular formula is C22H21ClFN3O3. The van der Waals surface area contributed by atoms with Crippen molar-refractivity contribution < 1.29 is 13.9 Å². The number of rotatable bonds is 4. The van der Waals surface area contributed by atoms with Crippen molar-refractivity contribution in [2.75, 3.05) is 25.5 Å². The Bertz CT molecular complexity index is 1210. The predicted molar refractivity (Wildman–Crippen MR) is 115 cm³/mol. The smallest absolute Gasteiger partial charge is 0.238 e. The lowest BCUT2D eigenvalue weighted by Gasteiger charge is -2.28. The number of nitrogens with zero attached hydrogens (tertiary/aromatic N) is 1. The van der Waals surface area contributed by atoms with Crippen molar-refractivity contribution in [1.29, 1.82) is 0 Å². The van der Waals surface area contributed by atoms with Gasteiger partial charge < -0.3 is 15.0 Å². The van der Waals surface area contributed by atoms with Gasteiger partial charge in [0.1, 0.15) is 11.6 Å². The van der Waals surface area contributed by atoms with Crippen LogP contribution in [-0.2, 0) is 17.8 Å². The Kier molecular flexibility index (Phi) is 5.49. The van der Waals surface area contributed by atoms with E-state index in [1.807, 2.05) is 17.9 Å². The first kappa shape index (κ1) is 20.4. The third-order valence-electron chi connectivity index (χ3n) is 5.33. The highest BCUT2D eigenvalue weighted by atomic mass is 35.5. The van der Waals surface area contributed by atoms with Crippen LogP contribution >= 0.6 is 11.6 Å². The van der Waals surface area contributed by atoms with Gasteiger partial charge in [-0.05, 0) is 42.8 Å². The van der Waals surface area contributed by atoms with Gasteiger partial charge in [-0.15, -0.1) is 0 Å². The number of amides is 1. The van der Waals surface area contributed by atoms with E-state index in [1.165, 1.54) is 12.1 Å². The molecule has 0 aliphatic carbocycles. The molecule has 156 valence electrons. The van der Waals surface area contributed by atoms with E-state index in [2.05, 4.69) is 10.3 Å². The standard InChI is InChI=1S/C22H21ClFN3O3/c1-12-7-14(30-2)9-15-21(12)26-19-5-6-27(10-16(19)22(15)29)11-20(28)25-13-3-4-17(23)18(24)8-13/h3-4,7-9H,5-6,10-11H2,1-2H3,(H,25,28)(H,26,29). The number of fused-ring (bicyclic) bond motifs is 2. The van der Waals surface area contributed by atoms with Crippen LogP contribution in [0.15, 0.2) is 35.1 Å². The molecule has 0 unspecified atom stereocenters. The number of aromatic amines is 1. The number of pyridine rings is 1. The zero-order chi connectivity index (χ0) is 21.4. The molecule has 0 saturated carbocycles. The molecule has 1 aliphatic heterocycles. The Morgan fingerprint density at radius 2 is 2.13 bits per heavy atom. The molecule has 8 heteroatoms. The van der Waals surface area contributed by atoms with Gasteiger partial charge in [0, 0.05) is 41.8 Å². The third kappa shape index (κ3) is 3.91. The summed E-state index contributed by atoms with van der Waals surface area (Å²) < 4.78 is 18.9. The zero-order valence-corrected chi connectivity index (χ0v) is 17.4. The lowest BCUT2D eigenvalue weighted by atomic mass is 10.0. The lowest BCUT2D eigenvalue weighted by molar-refractivity contribution is -0.117. The minimum absolute atomic E-state index is 0.000967. The summed E-state index contributed by atoms with van der Waals surface area (Å²) in [6.45, 7) is 3.02. The van der Waals surface area contributed by atoms with E-state index >= 15 is 0 Å². The predicted octanol–water partition coefficient (Wildman–Crippen LogP) is 3.63. The average molecular weight is 430 g/mol. The van der Waals surface area contributed by atoms with E-state index in [0.717, 1.165) is 16.8 Å². The van der Waals surface area contributed by atoms with Crippen molar-refractivity contribution in [2.45, 2.75) is 19.9 Å². The first-order valence-corrected chi connectivity index (χ1v) is 9.93. The van der Waals surface area contributed by atoms with Crippen LogP contribution in [0.25, 0.3) is 10.9 Å². The second-order valence-corrected chi connectivity index (χ2v) is 7.82. The summed E-state index contributed by atoms with van der Waals surface area (Å²) in [5.74, 6) is -0.243. The van der Waals surface area contributed by atoms with E-state index in [1.54, 1.807) is 19.2 Å². The number of H-pyrrole nitrogens is 1. The highest BCUT2D eigenvalue weighted by Gasteiger charge is 2.23. The van der Waals surface area contributed by atoms with Crippen LogP contribution in [0.1, 0.15) is 16.8 Å². The number of hydrogen-bond donors (Lipinski definition) is 2. The number of aryl methyl sites for hydroxylation is 1. The second-order valence-electron chi connectivity index (χ2n) is 7.42. The van der Waals surface area contributed by atoms with Crippen molar-refractivity contribution in [2.24, 2.45) is 0 Å². The van der Waals surface area contributed by atoms with Gasteiger partial charge in [0.2, 0.25) is 5.91 Å². The van der Waals surface area contributed by atoms with Crippen LogP contribution in [-0.4, -0.2) is 36.0 Å². The van der Waals surface area contributed by atoms with E-state index in [4.69, 9.17) is 16.3 Å². The fourth-order valence-corrected chi connectivity index (χ4v) is 3.93. The SMILES string of the molecule is COc1cc(C)c2[nH]c3c(c(=O)c2c1)CN(CC(=O)Nc1ccc(Cl)c(F)c1)CC3. The van der Waals surface area contributed by atoms with Crippen LogP contribution in [0.5, 0.6) is 5.75 Å². The average Bonchev–Trinajstić information content (AvgIpc) is 2.72. The summed E-state index contributed by atoms with van der Waals surface area (Å²) in [5, 5.41) is 3.24. The number of benzene rings is 2. The Morgan fingerprint density at radius 1 is 1.33 bits per heavy atom. The molecule has 6 nitrogen and oxygen atoms in total. The largest absolute Gasteiger partial charge is 0.497 e. The Hall–Kier alpha value is -2.90. The Labute approximate surface area is 177 Å². The Balaban J connectivity index is 1.54. The van der Waals surface area contributed by atoms with E-state index in [9.17, 15) is 14.0 Å². The maximum Gasteiger partial charge on any atom is 0.238 e. The molecule has 0 radical (unpaired) electrons. The summed E-state index contributed by atoms with van der Waals surface area (Å²) in [4.78, 5) is 30.8. The molecule has 0 fully saturated rings. The minimum Gasteiger partial charge on any atom is -0.497 e. The molecule has 2 aromatic carbocycles. The molecule has 0 saturated heterocycles. The monoisotopic (exact) mass is 429 g/mol. The summed E-state index contributed by atoms with van der Waals surface area (Å²) in [6, 6.07) is 7.75. The number of halogens is 2. The molecule has 1 aliphatic rings. The van der Waals surface area contributed by atoms with Crippen LogP contribution in [0.3, 0.4) is 0 Å². The summed E-state index contributed by atoms with van der Waals surface area (Å²) in [7, 11) is 1.57. The van der Waals surface area contributed by atoms with Gasteiger partial charge in [0.15, 0.2) is 5.43 Å². The topological polar surface area (TPSA) is 74.4 Å². The maximum absolute atomic E-state index is 13.6. The number of nitrogens with one attached hydrogen (secondary N) is 2. The molecule has 3 aromatic rings. The summed E-state index contributed by atoms with van der Waals surface area (Å²) in [6.07, 6.45) is 0.634. The molecule has 0 bridgehead atoms. The van der Waals surface area contributed by atoms with Crippen molar-refractivity contribution >= 4 is 34.1 Å². The van der Waals surface area contributed by atoms with Crippen LogP contribution < -0.4 is 15.5 Å². The summed E-state index contributed by atoms with van der Waals surface area (Å²) in [5.41, 5.74) is 3.61. The first-order chi connectivity index (χ1) is 14.4. The second kappa shape index (κ2) is 8.08. The maximum atomic E-state index is 13.6. The number of anilines is 1. The number of methoxy groups -OCH3 is 1. The molecule has 0 atom stereocenters.